The van der Waals surface area contributed by atoms with Crippen molar-refractivity contribution in [2.75, 3.05) is 12.9 Å². The second-order valence-corrected chi connectivity index (χ2v) is 6.24. The molecule has 6 nitrogen and oxygen atoms in total. The molecule has 0 unspecified atom stereocenters. The summed E-state index contributed by atoms with van der Waals surface area (Å²) in [7, 11) is -2.25. The van der Waals surface area contributed by atoms with Crippen molar-refractivity contribution in [2.45, 2.75) is 10.8 Å². The molecule has 15 heavy (non-hydrogen) atoms. The minimum Gasteiger partial charge on any atom is -0.469 e. The standard InChI is InChI=1S/C8H11NO5S/c1-14-7(11)4-5-6(4)15(12,13)3-8(5,9)2-10/h2,4-6H,3,9H2,1H3/t4-,5-,6+,8+/m1/s1. The fourth-order valence-corrected chi connectivity index (χ4v) is 5.10. The molecule has 2 aliphatic rings. The summed E-state index contributed by atoms with van der Waals surface area (Å²) in [4.78, 5) is 22.0. The summed E-state index contributed by atoms with van der Waals surface area (Å²) in [5.74, 6) is -2.34. The van der Waals surface area contributed by atoms with Gasteiger partial charge in [-0.25, -0.2) is 8.42 Å². The third kappa shape index (κ3) is 1.23. The van der Waals surface area contributed by atoms with Crippen LogP contribution >= 0.6 is 0 Å². The smallest absolute Gasteiger partial charge is 0.310 e. The van der Waals surface area contributed by atoms with Crippen molar-refractivity contribution in [1.29, 1.82) is 0 Å². The molecule has 0 radical (unpaired) electrons. The predicted molar refractivity (Wildman–Crippen MR) is 49.6 cm³/mol. The van der Waals surface area contributed by atoms with E-state index in [1.807, 2.05) is 0 Å². The monoisotopic (exact) mass is 233 g/mol. The lowest BCUT2D eigenvalue weighted by Crippen LogP contribution is -2.48. The second kappa shape index (κ2) is 2.79. The van der Waals surface area contributed by atoms with Gasteiger partial charge < -0.3 is 15.3 Å². The van der Waals surface area contributed by atoms with Crippen LogP contribution in [0.2, 0.25) is 0 Å². The van der Waals surface area contributed by atoms with E-state index < -0.39 is 38.4 Å². The van der Waals surface area contributed by atoms with Crippen LogP contribution in [0, 0.1) is 11.8 Å². The number of nitrogens with two attached hydrogens (primary N) is 1. The van der Waals surface area contributed by atoms with Gasteiger partial charge in [0, 0.05) is 5.92 Å². The molecule has 0 aromatic carbocycles. The van der Waals surface area contributed by atoms with E-state index in [0.717, 1.165) is 0 Å². The van der Waals surface area contributed by atoms with Gasteiger partial charge in [0.2, 0.25) is 0 Å². The Morgan fingerprint density at radius 1 is 1.60 bits per heavy atom. The largest absolute Gasteiger partial charge is 0.469 e. The first-order valence-electron chi connectivity index (χ1n) is 4.42. The average Bonchev–Trinajstić information content (AvgIpc) is 2.87. The van der Waals surface area contributed by atoms with Crippen LogP contribution in [0.25, 0.3) is 0 Å². The number of rotatable bonds is 2. The molecule has 0 amide bonds. The lowest BCUT2D eigenvalue weighted by atomic mass is 9.98. The van der Waals surface area contributed by atoms with E-state index in [-0.39, 0.29) is 5.75 Å². The molecular weight excluding hydrogens is 222 g/mol. The molecule has 84 valence electrons. The maximum absolute atomic E-state index is 11.6. The topological polar surface area (TPSA) is 104 Å². The molecule has 1 heterocycles. The highest BCUT2D eigenvalue weighted by atomic mass is 32.2. The number of ether oxygens (including phenoxy) is 1. The fourth-order valence-electron chi connectivity index (χ4n) is 2.44. The highest BCUT2D eigenvalue weighted by molar-refractivity contribution is 7.92. The summed E-state index contributed by atoms with van der Waals surface area (Å²) in [6.45, 7) is 0. The van der Waals surface area contributed by atoms with Gasteiger partial charge in [-0.2, -0.15) is 0 Å². The first kappa shape index (κ1) is 10.6. The zero-order chi connectivity index (χ0) is 11.4. The summed E-state index contributed by atoms with van der Waals surface area (Å²) >= 11 is 0. The zero-order valence-electron chi connectivity index (χ0n) is 8.04. The summed E-state index contributed by atoms with van der Waals surface area (Å²) in [6.07, 6.45) is 0.429. The maximum Gasteiger partial charge on any atom is 0.310 e. The van der Waals surface area contributed by atoms with Gasteiger partial charge in [0.15, 0.2) is 9.84 Å². The fraction of sp³-hybridized carbons (Fsp3) is 0.750. The molecule has 0 aromatic rings. The van der Waals surface area contributed by atoms with Crippen molar-refractivity contribution in [3.05, 3.63) is 0 Å². The van der Waals surface area contributed by atoms with Crippen LogP contribution in [-0.2, 0) is 24.2 Å². The number of sulfone groups is 1. The lowest BCUT2D eigenvalue weighted by molar-refractivity contribution is -0.142. The molecular formula is C8H11NO5S. The lowest BCUT2D eigenvalue weighted by Gasteiger charge is -2.18. The highest BCUT2D eigenvalue weighted by Gasteiger charge is 2.75. The molecule has 1 saturated carbocycles. The number of hydrogen-bond donors (Lipinski definition) is 1. The van der Waals surface area contributed by atoms with E-state index in [9.17, 15) is 18.0 Å². The quantitative estimate of drug-likeness (QED) is 0.441. The van der Waals surface area contributed by atoms with Crippen molar-refractivity contribution in [3.63, 3.8) is 0 Å². The van der Waals surface area contributed by atoms with Gasteiger partial charge in [0.05, 0.1) is 29.6 Å². The Labute approximate surface area is 86.7 Å². The minimum absolute atomic E-state index is 0.369. The Hall–Kier alpha value is -0.950. The SMILES string of the molecule is COC(=O)[C@@H]1[C@@H]2[C@H]1S(=O)(=O)C[C@@]2(N)C=O. The number of fused-ring (bicyclic) bond motifs is 1. The number of carbonyl (C=O) groups is 2. The number of aldehydes is 1. The summed E-state index contributed by atoms with van der Waals surface area (Å²) < 4.78 is 27.6. The highest BCUT2D eigenvalue weighted by Crippen LogP contribution is 2.56. The molecule has 0 aromatic heterocycles. The first-order valence-corrected chi connectivity index (χ1v) is 6.13. The Kier molecular flexibility index (Phi) is 1.97. The Morgan fingerprint density at radius 2 is 2.20 bits per heavy atom. The molecule has 2 rings (SSSR count). The minimum atomic E-state index is -3.43. The van der Waals surface area contributed by atoms with Crippen molar-refractivity contribution in [3.8, 4) is 0 Å². The summed E-state index contributed by atoms with van der Waals surface area (Å²) in [5.41, 5.74) is 4.23. The van der Waals surface area contributed by atoms with Crippen LogP contribution in [-0.4, -0.2) is 44.3 Å². The van der Waals surface area contributed by atoms with Crippen molar-refractivity contribution < 1.29 is 22.7 Å². The van der Waals surface area contributed by atoms with Gasteiger partial charge in [-0.1, -0.05) is 0 Å². The molecule has 7 heteroatoms. The van der Waals surface area contributed by atoms with E-state index in [0.29, 0.717) is 6.29 Å². The van der Waals surface area contributed by atoms with Crippen LogP contribution < -0.4 is 5.73 Å². The van der Waals surface area contributed by atoms with Crippen molar-refractivity contribution >= 4 is 22.1 Å². The van der Waals surface area contributed by atoms with Gasteiger partial charge in [-0.15, -0.1) is 0 Å². The number of hydrogen-bond acceptors (Lipinski definition) is 6. The Balaban J connectivity index is 2.35. The average molecular weight is 233 g/mol. The van der Waals surface area contributed by atoms with Gasteiger partial charge in [0.25, 0.3) is 0 Å². The molecule has 1 aliphatic heterocycles. The van der Waals surface area contributed by atoms with Crippen molar-refractivity contribution in [1.82, 2.24) is 0 Å². The Morgan fingerprint density at radius 3 is 2.67 bits per heavy atom. The second-order valence-electron chi connectivity index (χ2n) is 4.08. The molecule has 0 spiro atoms. The number of esters is 1. The molecule has 1 saturated heterocycles. The normalized spacial score (nSPS) is 45.6. The van der Waals surface area contributed by atoms with Crippen molar-refractivity contribution in [2.24, 2.45) is 17.6 Å². The summed E-state index contributed by atoms with van der Waals surface area (Å²) in [5, 5.41) is -0.819. The van der Waals surface area contributed by atoms with Gasteiger partial charge >= 0.3 is 5.97 Å². The van der Waals surface area contributed by atoms with Gasteiger partial charge in [-0.05, 0) is 0 Å². The number of carbonyl (C=O) groups excluding carboxylic acids is 2. The zero-order valence-corrected chi connectivity index (χ0v) is 8.86. The van der Waals surface area contributed by atoms with E-state index in [4.69, 9.17) is 5.73 Å². The van der Waals surface area contributed by atoms with Crippen LogP contribution in [0.3, 0.4) is 0 Å². The van der Waals surface area contributed by atoms with E-state index in [1.54, 1.807) is 0 Å². The number of methoxy groups -OCH3 is 1. The first-order chi connectivity index (χ1) is 6.87. The molecule has 2 fully saturated rings. The Bertz CT molecular complexity index is 430. The van der Waals surface area contributed by atoms with E-state index in [1.165, 1.54) is 7.11 Å². The van der Waals surface area contributed by atoms with Crippen LogP contribution in [0.4, 0.5) is 0 Å². The predicted octanol–water partition coefficient (Wildman–Crippen LogP) is -1.90. The van der Waals surface area contributed by atoms with E-state index in [2.05, 4.69) is 4.74 Å². The molecule has 0 bridgehead atoms. The molecule has 4 atom stereocenters. The third-order valence-corrected chi connectivity index (χ3v) is 5.45. The molecule has 1 aliphatic carbocycles. The van der Waals surface area contributed by atoms with Crippen LogP contribution in [0.15, 0.2) is 0 Å². The van der Waals surface area contributed by atoms with E-state index >= 15 is 0 Å². The maximum atomic E-state index is 11.6. The van der Waals surface area contributed by atoms with Crippen LogP contribution in [0.1, 0.15) is 0 Å². The van der Waals surface area contributed by atoms with Gasteiger partial charge in [-0.3, -0.25) is 4.79 Å². The third-order valence-electron chi connectivity index (χ3n) is 3.13. The summed E-state index contributed by atoms with van der Waals surface area (Å²) in [6, 6.07) is 0. The van der Waals surface area contributed by atoms with Gasteiger partial charge in [0.1, 0.15) is 6.29 Å². The molecule has 2 N–H and O–H groups in total. The van der Waals surface area contributed by atoms with Crippen LogP contribution in [0.5, 0.6) is 0 Å².